The van der Waals surface area contributed by atoms with Gasteiger partial charge in [0.25, 0.3) is 5.91 Å². The van der Waals surface area contributed by atoms with Crippen molar-refractivity contribution in [1.82, 2.24) is 40.3 Å². The minimum absolute atomic E-state index is 0.00261. The van der Waals surface area contributed by atoms with Crippen molar-refractivity contribution >= 4 is 50.9 Å². The van der Waals surface area contributed by atoms with Crippen LogP contribution >= 0.6 is 0 Å². The number of phenolic OH excluding ortho intramolecular Hbond substituents is 1. The summed E-state index contributed by atoms with van der Waals surface area (Å²) in [6, 6.07) is 14.9. The molecule has 6 aliphatic heterocycles. The number of hydrogen-bond acceptors (Lipinski definition) is 13. The number of terminal acetylenes is 1. The van der Waals surface area contributed by atoms with Gasteiger partial charge in [0, 0.05) is 130 Å². The molecule has 5 atom stereocenters. The number of rotatable bonds is 11. The molecule has 366 valence electrons. The third-order valence-electron chi connectivity index (χ3n) is 17.4. The van der Waals surface area contributed by atoms with Crippen LogP contribution in [0.2, 0.25) is 0 Å². The van der Waals surface area contributed by atoms with Crippen LogP contribution in [-0.4, -0.2) is 143 Å². The fraction of sp³-hybridized carbons (Fsp3) is 0.491. The third kappa shape index (κ3) is 8.10. The first-order valence-corrected chi connectivity index (χ1v) is 25.8. The Balaban J connectivity index is 0.665. The van der Waals surface area contributed by atoms with Gasteiger partial charge in [-0.05, 0) is 110 Å². The average molecular weight is 959 g/mol. The molecule has 5 saturated heterocycles. The lowest BCUT2D eigenvalue weighted by Gasteiger charge is -2.43. The summed E-state index contributed by atoms with van der Waals surface area (Å²) in [5.74, 6) is 3.97. The zero-order valence-corrected chi connectivity index (χ0v) is 39.9. The molecular weight excluding hydrogens is 900 g/mol. The number of nitrogens with one attached hydrogen (secondary N) is 2. The zero-order valence-electron chi connectivity index (χ0n) is 39.9. The fourth-order valence-corrected chi connectivity index (χ4v) is 13.5. The van der Waals surface area contributed by atoms with E-state index < -0.39 is 11.9 Å². The fourth-order valence-electron chi connectivity index (χ4n) is 13.5. The Kier molecular flexibility index (Phi) is 10.9. The largest absolute Gasteiger partial charge is 0.508 e. The van der Waals surface area contributed by atoms with Gasteiger partial charge in [-0.25, -0.2) is 4.39 Å². The number of amides is 3. The molecule has 3 aromatic carbocycles. The average Bonchev–Trinajstić information content (AvgIpc) is 3.86. The monoisotopic (exact) mass is 958 g/mol. The Morgan fingerprint density at radius 2 is 1.66 bits per heavy atom. The van der Waals surface area contributed by atoms with Crippen molar-refractivity contribution in [3.63, 3.8) is 0 Å². The summed E-state index contributed by atoms with van der Waals surface area (Å²) < 4.78 is 23.8. The number of halogens is 1. The molecule has 2 saturated carbocycles. The Labute approximate surface area is 412 Å². The van der Waals surface area contributed by atoms with Crippen molar-refractivity contribution in [2.75, 3.05) is 81.9 Å². The number of carbonyl (C=O) groups is 3. The molecule has 8 aliphatic rings. The molecule has 7 fully saturated rings. The molecule has 2 aromatic heterocycles. The molecule has 13 rings (SSSR count). The SMILES string of the molecule is C#Cc1cccc2cc(O)cc(-c3ncc4c(N5CC6CCC(C5)N6)nc(OCC5(CN6CC7CCC(C6)C7CN6CCN(c7ccc8c(c7)CN([C@H]7CCC(=O)NC7=O)C8=O)CC6)CC5)nc4c3F)c12. The predicted octanol–water partition coefficient (Wildman–Crippen LogP) is 5.31. The lowest BCUT2D eigenvalue weighted by molar-refractivity contribution is -0.136. The highest BCUT2D eigenvalue weighted by molar-refractivity contribution is 6.06. The van der Waals surface area contributed by atoms with Gasteiger partial charge < -0.3 is 34.8 Å². The predicted molar refractivity (Wildman–Crippen MR) is 266 cm³/mol. The van der Waals surface area contributed by atoms with Crippen LogP contribution in [0.15, 0.2) is 54.7 Å². The summed E-state index contributed by atoms with van der Waals surface area (Å²) in [5.41, 5.74) is 3.90. The molecule has 3 amide bonds. The summed E-state index contributed by atoms with van der Waals surface area (Å²) in [6.07, 6.45) is 15.0. The van der Waals surface area contributed by atoms with Crippen molar-refractivity contribution in [2.45, 2.75) is 76.0 Å². The third-order valence-corrected chi connectivity index (χ3v) is 17.4. The number of imide groups is 1. The van der Waals surface area contributed by atoms with Gasteiger partial charge in [-0.1, -0.05) is 18.1 Å². The topological polar surface area (TPSA) is 160 Å². The standard InChI is InChI=1S/C55H59FN10O5/c1-2-32-4-3-5-33-21-40(67)22-42(47(32)33)49-48(56)50-43(23-57-49)51(65-27-37-8-9-38(28-65)58-37)61-54(60-50)71-31-55(14-15-55)30-63-24-34-6-7-35(25-63)44(34)29-62-16-18-64(19-17-62)39-10-11-41-36(20-39)26-66(53(41)70)45-12-13-46(68)59-52(45)69/h1,3-5,10-11,20-23,34-35,37-38,44-45,58,67H,6-9,12-19,24-31H2,(H,59,68,69)/t34?,35?,37?,38?,44?,45-/m0/s1. The number of aromatic hydroxyl groups is 1. The number of pyridine rings is 1. The van der Waals surface area contributed by atoms with Crippen molar-refractivity contribution in [3.8, 4) is 35.4 Å². The number of piperidine rings is 2. The summed E-state index contributed by atoms with van der Waals surface area (Å²) in [7, 11) is 0. The lowest BCUT2D eigenvalue weighted by Crippen LogP contribution is -2.52. The molecule has 8 heterocycles. The summed E-state index contributed by atoms with van der Waals surface area (Å²) in [6.45, 7) is 10.5. The van der Waals surface area contributed by atoms with Crippen LogP contribution in [0.3, 0.4) is 0 Å². The van der Waals surface area contributed by atoms with E-state index in [4.69, 9.17) is 21.1 Å². The van der Waals surface area contributed by atoms with E-state index in [1.54, 1.807) is 17.2 Å². The number of carbonyl (C=O) groups excluding carboxylic acids is 3. The molecule has 15 nitrogen and oxygen atoms in total. The second kappa shape index (κ2) is 17.4. The Bertz CT molecular complexity index is 3030. The van der Waals surface area contributed by atoms with Crippen LogP contribution in [0.1, 0.15) is 72.9 Å². The number of ether oxygens (including phenoxy) is 1. The summed E-state index contributed by atoms with van der Waals surface area (Å²) in [4.78, 5) is 63.7. The molecule has 4 unspecified atom stereocenters. The van der Waals surface area contributed by atoms with E-state index in [0.29, 0.717) is 88.1 Å². The van der Waals surface area contributed by atoms with Crippen LogP contribution < -0.4 is 25.2 Å². The maximum Gasteiger partial charge on any atom is 0.319 e. The van der Waals surface area contributed by atoms with E-state index in [1.807, 2.05) is 30.3 Å². The van der Waals surface area contributed by atoms with E-state index in [2.05, 4.69) is 47.2 Å². The van der Waals surface area contributed by atoms with Crippen molar-refractivity contribution in [2.24, 2.45) is 23.2 Å². The first-order valence-electron chi connectivity index (χ1n) is 25.8. The normalized spacial score (nSPS) is 27.1. The molecule has 2 aliphatic carbocycles. The molecular formula is C55H59FN10O5. The molecule has 4 bridgehead atoms. The number of benzene rings is 3. The van der Waals surface area contributed by atoms with E-state index >= 15 is 4.39 Å². The number of phenols is 1. The Morgan fingerprint density at radius 1 is 0.873 bits per heavy atom. The van der Waals surface area contributed by atoms with Gasteiger partial charge in [-0.2, -0.15) is 9.97 Å². The highest BCUT2D eigenvalue weighted by Gasteiger charge is 2.49. The number of piperazine rings is 2. The Hall–Kier alpha value is -6.41. The van der Waals surface area contributed by atoms with E-state index in [-0.39, 0.29) is 52.5 Å². The van der Waals surface area contributed by atoms with E-state index in [0.717, 1.165) is 102 Å². The van der Waals surface area contributed by atoms with Crippen LogP contribution in [0, 0.1) is 41.3 Å². The number of likely N-dealkylation sites (tertiary alicyclic amines) is 1. The second-order valence-corrected chi connectivity index (χ2v) is 21.9. The van der Waals surface area contributed by atoms with Gasteiger partial charge in [-0.3, -0.25) is 29.6 Å². The molecule has 5 aromatic rings. The van der Waals surface area contributed by atoms with Crippen LogP contribution in [-0.2, 0) is 16.1 Å². The van der Waals surface area contributed by atoms with Crippen LogP contribution in [0.5, 0.6) is 11.8 Å². The number of hydrogen-bond donors (Lipinski definition) is 3. The van der Waals surface area contributed by atoms with Gasteiger partial charge in [0.05, 0.1) is 12.0 Å². The van der Waals surface area contributed by atoms with Gasteiger partial charge >= 0.3 is 6.01 Å². The van der Waals surface area contributed by atoms with Crippen molar-refractivity contribution in [3.05, 3.63) is 77.2 Å². The van der Waals surface area contributed by atoms with Gasteiger partial charge in [0.2, 0.25) is 11.8 Å². The summed E-state index contributed by atoms with van der Waals surface area (Å²) in [5, 5.41) is 18.7. The molecule has 0 radical (unpaired) electrons. The Morgan fingerprint density at radius 3 is 2.41 bits per heavy atom. The maximum absolute atomic E-state index is 17.2. The molecule has 71 heavy (non-hydrogen) atoms. The quantitative estimate of drug-likeness (QED) is 0.116. The minimum Gasteiger partial charge on any atom is -0.508 e. The minimum atomic E-state index is -0.610. The van der Waals surface area contributed by atoms with Crippen molar-refractivity contribution in [1.29, 1.82) is 0 Å². The zero-order chi connectivity index (χ0) is 48.1. The maximum atomic E-state index is 17.2. The first kappa shape index (κ1) is 44.5. The van der Waals surface area contributed by atoms with Crippen LogP contribution in [0.4, 0.5) is 15.9 Å². The van der Waals surface area contributed by atoms with Crippen LogP contribution in [0.25, 0.3) is 32.9 Å². The number of fused-ring (bicyclic) bond motifs is 7. The van der Waals surface area contributed by atoms with Gasteiger partial charge in [0.15, 0.2) is 5.82 Å². The first-order chi connectivity index (χ1) is 34.5. The van der Waals surface area contributed by atoms with Gasteiger partial charge in [0.1, 0.15) is 28.8 Å². The smallest absolute Gasteiger partial charge is 0.319 e. The van der Waals surface area contributed by atoms with E-state index in [1.165, 1.54) is 18.9 Å². The molecule has 0 spiro atoms. The number of aromatic nitrogens is 3. The van der Waals surface area contributed by atoms with E-state index in [9.17, 15) is 19.5 Å². The van der Waals surface area contributed by atoms with Crippen molar-refractivity contribution < 1.29 is 28.6 Å². The lowest BCUT2D eigenvalue weighted by atomic mass is 9.84. The highest BCUT2D eigenvalue weighted by Crippen LogP contribution is 2.50. The summed E-state index contributed by atoms with van der Waals surface area (Å²) >= 11 is 0. The second-order valence-electron chi connectivity index (χ2n) is 21.9. The number of anilines is 2. The highest BCUT2D eigenvalue weighted by atomic mass is 19.1. The van der Waals surface area contributed by atoms with Gasteiger partial charge in [-0.15, -0.1) is 6.42 Å². The molecule has 16 heteroatoms. The molecule has 3 N–H and O–H groups in total. The number of nitrogens with zero attached hydrogens (tertiary/aromatic N) is 8.